The minimum atomic E-state index is -1.28. The highest BCUT2D eigenvalue weighted by Crippen LogP contribution is 2.37. The fourth-order valence-corrected chi connectivity index (χ4v) is 4.93. The number of halogens is 1. The molecule has 2 aromatic rings. The number of hydrogen-bond acceptors (Lipinski definition) is 10. The third-order valence-corrected chi connectivity index (χ3v) is 6.83. The highest BCUT2D eigenvalue weighted by atomic mass is 35.5. The van der Waals surface area contributed by atoms with Gasteiger partial charge in [-0.25, -0.2) is 4.98 Å². The number of ether oxygens (including phenoxy) is 3. The molecule has 1 saturated carbocycles. The molecule has 0 aromatic carbocycles. The van der Waals surface area contributed by atoms with Crippen molar-refractivity contribution >= 4 is 34.5 Å². The summed E-state index contributed by atoms with van der Waals surface area (Å²) in [4.78, 5) is 24.8. The summed E-state index contributed by atoms with van der Waals surface area (Å²) in [5, 5.41) is 24.6. The van der Waals surface area contributed by atoms with Gasteiger partial charge in [-0.05, 0) is 43.7 Å². The van der Waals surface area contributed by atoms with E-state index < -0.39 is 36.0 Å². The summed E-state index contributed by atoms with van der Waals surface area (Å²) in [5.41, 5.74) is 5.31. The van der Waals surface area contributed by atoms with Crippen LogP contribution in [0.1, 0.15) is 38.3 Å². The molecule has 2 aliphatic heterocycles. The molecule has 2 saturated heterocycles. The topological polar surface area (TPSA) is 167 Å². The van der Waals surface area contributed by atoms with Crippen LogP contribution in [0.3, 0.4) is 0 Å². The smallest absolute Gasteiger partial charge is 0.249 e. The van der Waals surface area contributed by atoms with E-state index in [-0.39, 0.29) is 17.9 Å². The van der Waals surface area contributed by atoms with E-state index in [4.69, 9.17) is 31.5 Å². The van der Waals surface area contributed by atoms with Gasteiger partial charge in [0.25, 0.3) is 0 Å². The van der Waals surface area contributed by atoms with Gasteiger partial charge in [-0.2, -0.15) is 9.97 Å². The molecule has 4 heterocycles. The molecule has 0 bridgehead atoms. The molecule has 0 radical (unpaired) electrons. The minimum absolute atomic E-state index is 0.00298. The van der Waals surface area contributed by atoms with E-state index in [0.29, 0.717) is 43.0 Å². The van der Waals surface area contributed by atoms with Crippen molar-refractivity contribution in [3.05, 3.63) is 11.6 Å². The first-order valence-electron chi connectivity index (χ1n) is 11.1. The molecule has 3 fully saturated rings. The van der Waals surface area contributed by atoms with Gasteiger partial charge in [-0.3, -0.25) is 9.36 Å². The average molecular weight is 483 g/mol. The third-order valence-electron chi connectivity index (χ3n) is 6.66. The molecule has 0 unspecified atom stereocenters. The maximum absolute atomic E-state index is 12.0. The van der Waals surface area contributed by atoms with Crippen molar-refractivity contribution in [3.8, 4) is 0 Å². The second kappa shape index (κ2) is 8.93. The Kier molecular flexibility index (Phi) is 6.14. The zero-order valence-corrected chi connectivity index (χ0v) is 18.6. The summed E-state index contributed by atoms with van der Waals surface area (Å²) in [6, 6.07) is 0.0779. The number of hydrogen-bond donors (Lipinski definition) is 4. The molecule has 5 rings (SSSR count). The molecule has 0 spiro atoms. The molecular formula is C20H27ClN6O6. The molecule has 13 heteroatoms. The van der Waals surface area contributed by atoms with Gasteiger partial charge >= 0.3 is 0 Å². The van der Waals surface area contributed by atoms with Gasteiger partial charge in [0, 0.05) is 6.61 Å². The van der Waals surface area contributed by atoms with Crippen LogP contribution in [-0.4, -0.2) is 85.4 Å². The van der Waals surface area contributed by atoms with E-state index in [9.17, 15) is 15.0 Å². The lowest BCUT2D eigenvalue weighted by Gasteiger charge is -2.27. The number of nitrogens with zero attached hydrogens (tertiary/aromatic N) is 4. The van der Waals surface area contributed by atoms with Gasteiger partial charge in [0.1, 0.15) is 23.9 Å². The number of primary amides is 1. The molecule has 1 amide bonds. The van der Waals surface area contributed by atoms with E-state index in [0.717, 1.165) is 19.3 Å². The largest absolute Gasteiger partial charge is 0.387 e. The standard InChI is InChI=1S/C20H27ClN6O6/c21-19-25-15(24-10-3-6-31-7-10)12-16(26-19)27(9-23-12)17-14(29)13(28)11(33-17)8-32-20(18(22)30)4-1-2-5-20/h9-11,13-14,17,28-29H,1-8H2,(H2,22,30)(H,24,25,26)/t10-,11-,13+,14-,17-/m1/s1. The van der Waals surface area contributed by atoms with Gasteiger partial charge in [0.2, 0.25) is 11.2 Å². The average Bonchev–Trinajstić information content (AvgIpc) is 3.57. The number of nitrogens with two attached hydrogens (primary N) is 1. The van der Waals surface area contributed by atoms with Gasteiger partial charge in [-0.15, -0.1) is 0 Å². The number of carbonyl (C=O) groups is 1. The summed E-state index contributed by atoms with van der Waals surface area (Å²) in [7, 11) is 0. The van der Waals surface area contributed by atoms with Gasteiger partial charge in [-0.1, -0.05) is 0 Å². The first kappa shape index (κ1) is 22.7. The maximum atomic E-state index is 12.0. The van der Waals surface area contributed by atoms with Crippen molar-refractivity contribution in [2.24, 2.45) is 5.73 Å². The molecule has 180 valence electrons. The Bertz CT molecular complexity index is 1020. The number of fused-ring (bicyclic) bond motifs is 1. The van der Waals surface area contributed by atoms with E-state index in [1.54, 1.807) is 0 Å². The first-order valence-corrected chi connectivity index (χ1v) is 11.5. The van der Waals surface area contributed by atoms with Crippen molar-refractivity contribution in [2.45, 2.75) is 68.3 Å². The maximum Gasteiger partial charge on any atom is 0.249 e. The Balaban J connectivity index is 1.36. The Hall–Kier alpha value is -2.09. The van der Waals surface area contributed by atoms with Crippen LogP contribution in [0.2, 0.25) is 5.28 Å². The lowest BCUT2D eigenvalue weighted by Crippen LogP contribution is -2.46. The number of aliphatic hydroxyl groups excluding tert-OH is 2. The Morgan fingerprint density at radius 3 is 2.82 bits per heavy atom. The van der Waals surface area contributed by atoms with E-state index in [1.807, 2.05) is 0 Å². The lowest BCUT2D eigenvalue weighted by molar-refractivity contribution is -0.152. The number of anilines is 1. The number of imidazole rings is 1. The van der Waals surface area contributed by atoms with Crippen molar-refractivity contribution in [3.63, 3.8) is 0 Å². The van der Waals surface area contributed by atoms with Crippen LogP contribution in [0.15, 0.2) is 6.33 Å². The Labute approximate surface area is 194 Å². The van der Waals surface area contributed by atoms with Crippen molar-refractivity contribution in [1.82, 2.24) is 19.5 Å². The fourth-order valence-electron chi connectivity index (χ4n) is 4.76. The molecular weight excluding hydrogens is 456 g/mol. The quantitative estimate of drug-likeness (QED) is 0.398. The van der Waals surface area contributed by atoms with Crippen molar-refractivity contribution < 1.29 is 29.2 Å². The molecule has 5 atom stereocenters. The summed E-state index contributed by atoms with van der Waals surface area (Å²) in [6.07, 6.45) is 0.639. The zero-order chi connectivity index (χ0) is 23.2. The minimum Gasteiger partial charge on any atom is -0.387 e. The first-order chi connectivity index (χ1) is 15.9. The molecule has 33 heavy (non-hydrogen) atoms. The fraction of sp³-hybridized carbons (Fsp3) is 0.700. The SMILES string of the molecule is NC(=O)C1(OC[C@H]2O[C@@H](n3cnc4c(N[C@@H]5CCOC5)nc(Cl)nc43)[C@H](O)[C@H]2O)CCCC1. The number of amides is 1. The van der Waals surface area contributed by atoms with E-state index >= 15 is 0 Å². The van der Waals surface area contributed by atoms with E-state index in [2.05, 4.69) is 20.3 Å². The second-order valence-corrected chi connectivity index (χ2v) is 9.13. The monoisotopic (exact) mass is 482 g/mol. The summed E-state index contributed by atoms with van der Waals surface area (Å²) < 4.78 is 18.7. The number of nitrogens with one attached hydrogen (secondary N) is 1. The van der Waals surface area contributed by atoms with Crippen LogP contribution in [0.5, 0.6) is 0 Å². The van der Waals surface area contributed by atoms with Crippen LogP contribution in [0, 0.1) is 0 Å². The number of carbonyl (C=O) groups excluding carboxylic acids is 1. The Morgan fingerprint density at radius 1 is 1.33 bits per heavy atom. The highest BCUT2D eigenvalue weighted by Gasteiger charge is 2.47. The third kappa shape index (κ3) is 4.15. The molecule has 3 aliphatic rings. The van der Waals surface area contributed by atoms with E-state index in [1.165, 1.54) is 10.9 Å². The lowest BCUT2D eigenvalue weighted by atomic mass is 10.0. The van der Waals surface area contributed by atoms with Gasteiger partial charge in [0.15, 0.2) is 23.2 Å². The Morgan fingerprint density at radius 2 is 2.12 bits per heavy atom. The second-order valence-electron chi connectivity index (χ2n) is 8.79. The van der Waals surface area contributed by atoms with Crippen molar-refractivity contribution in [1.29, 1.82) is 0 Å². The summed E-state index contributed by atoms with van der Waals surface area (Å²) in [6.45, 7) is 1.12. The summed E-state index contributed by atoms with van der Waals surface area (Å²) in [5.74, 6) is -0.0685. The van der Waals surface area contributed by atoms with Crippen LogP contribution >= 0.6 is 11.6 Å². The van der Waals surface area contributed by atoms with Crippen LogP contribution in [-0.2, 0) is 19.0 Å². The normalized spacial score (nSPS) is 31.4. The summed E-state index contributed by atoms with van der Waals surface area (Å²) >= 11 is 6.15. The zero-order valence-electron chi connectivity index (χ0n) is 17.9. The molecule has 2 aromatic heterocycles. The molecule has 5 N–H and O–H groups in total. The van der Waals surface area contributed by atoms with Crippen LogP contribution < -0.4 is 11.1 Å². The van der Waals surface area contributed by atoms with Crippen LogP contribution in [0.25, 0.3) is 11.2 Å². The van der Waals surface area contributed by atoms with Crippen LogP contribution in [0.4, 0.5) is 5.82 Å². The van der Waals surface area contributed by atoms with Gasteiger partial charge in [0.05, 0.1) is 25.6 Å². The van der Waals surface area contributed by atoms with Gasteiger partial charge < -0.3 is 35.5 Å². The highest BCUT2D eigenvalue weighted by molar-refractivity contribution is 6.28. The predicted octanol–water partition coefficient (Wildman–Crippen LogP) is 0.114. The predicted molar refractivity (Wildman–Crippen MR) is 115 cm³/mol. The molecule has 12 nitrogen and oxygen atoms in total. The number of aliphatic hydroxyl groups is 2. The van der Waals surface area contributed by atoms with Crippen molar-refractivity contribution in [2.75, 3.05) is 25.1 Å². The number of rotatable bonds is 7. The number of aromatic nitrogens is 4. The molecule has 1 aliphatic carbocycles.